The summed E-state index contributed by atoms with van der Waals surface area (Å²) in [4.78, 5) is 38.1. The summed E-state index contributed by atoms with van der Waals surface area (Å²) >= 11 is 0. The quantitative estimate of drug-likeness (QED) is 0.389. The minimum Gasteiger partial charge on any atom is -0.294 e. The standard InChI is InChI=1S/C19H25NO3/c1-3-5-6-7-8-12-20-18(22)15-11-10-14(17(21)9-4-2)13-16(15)19(20)23/h10-11,13H,3-9,12H2,1-2H3. The molecule has 1 aromatic carbocycles. The summed E-state index contributed by atoms with van der Waals surface area (Å²) in [6, 6.07) is 4.87. The number of ketones is 1. The Morgan fingerprint density at radius 3 is 2.30 bits per heavy atom. The molecule has 0 bridgehead atoms. The zero-order chi connectivity index (χ0) is 16.8. The number of carbonyl (C=O) groups is 3. The molecule has 2 amide bonds. The van der Waals surface area contributed by atoms with E-state index in [1.54, 1.807) is 18.2 Å². The van der Waals surface area contributed by atoms with Gasteiger partial charge >= 0.3 is 0 Å². The van der Waals surface area contributed by atoms with Crippen LogP contribution in [-0.2, 0) is 0 Å². The van der Waals surface area contributed by atoms with Crippen molar-refractivity contribution >= 4 is 17.6 Å². The number of hydrogen-bond donors (Lipinski definition) is 0. The van der Waals surface area contributed by atoms with E-state index in [4.69, 9.17) is 0 Å². The fourth-order valence-electron chi connectivity index (χ4n) is 2.91. The smallest absolute Gasteiger partial charge is 0.261 e. The Labute approximate surface area is 137 Å². The van der Waals surface area contributed by atoms with Crippen molar-refractivity contribution in [2.75, 3.05) is 6.54 Å². The van der Waals surface area contributed by atoms with E-state index in [1.807, 2.05) is 6.92 Å². The van der Waals surface area contributed by atoms with E-state index < -0.39 is 0 Å². The minimum atomic E-state index is -0.258. The molecule has 0 saturated heterocycles. The highest BCUT2D eigenvalue weighted by Crippen LogP contribution is 2.25. The zero-order valence-corrected chi connectivity index (χ0v) is 14.1. The molecule has 23 heavy (non-hydrogen) atoms. The van der Waals surface area contributed by atoms with E-state index >= 15 is 0 Å². The van der Waals surface area contributed by atoms with Gasteiger partial charge in [0, 0.05) is 18.5 Å². The molecule has 1 aliphatic heterocycles. The lowest BCUT2D eigenvalue weighted by atomic mass is 10.0. The molecule has 0 unspecified atom stereocenters. The molecule has 1 aromatic rings. The Morgan fingerprint density at radius 1 is 0.913 bits per heavy atom. The summed E-state index contributed by atoms with van der Waals surface area (Å²) in [7, 11) is 0. The van der Waals surface area contributed by atoms with E-state index in [2.05, 4.69) is 6.92 Å². The Balaban J connectivity index is 2.06. The van der Waals surface area contributed by atoms with Crippen LogP contribution in [0.1, 0.15) is 89.9 Å². The summed E-state index contributed by atoms with van der Waals surface area (Å²) in [5.41, 5.74) is 1.33. The van der Waals surface area contributed by atoms with Gasteiger partial charge < -0.3 is 0 Å². The van der Waals surface area contributed by atoms with Crippen LogP contribution in [0, 0.1) is 0 Å². The van der Waals surface area contributed by atoms with Crippen LogP contribution >= 0.6 is 0 Å². The highest BCUT2D eigenvalue weighted by molar-refractivity contribution is 6.22. The van der Waals surface area contributed by atoms with Crippen molar-refractivity contribution in [3.05, 3.63) is 34.9 Å². The number of benzene rings is 1. The van der Waals surface area contributed by atoms with Crippen molar-refractivity contribution in [3.8, 4) is 0 Å². The Morgan fingerprint density at radius 2 is 1.61 bits per heavy atom. The molecule has 0 radical (unpaired) electrons. The lowest BCUT2D eigenvalue weighted by molar-refractivity contribution is 0.0651. The number of carbonyl (C=O) groups excluding carboxylic acids is 3. The molecule has 0 fully saturated rings. The molecular formula is C19H25NO3. The van der Waals surface area contributed by atoms with Gasteiger partial charge in [-0.1, -0.05) is 45.6 Å². The highest BCUT2D eigenvalue weighted by Gasteiger charge is 2.35. The van der Waals surface area contributed by atoms with Crippen molar-refractivity contribution in [2.45, 2.75) is 58.8 Å². The van der Waals surface area contributed by atoms with Crippen LogP contribution < -0.4 is 0 Å². The normalized spacial score (nSPS) is 13.6. The summed E-state index contributed by atoms with van der Waals surface area (Å²) in [6.07, 6.45) is 6.59. The Kier molecular flexibility index (Phi) is 6.08. The molecule has 1 aliphatic rings. The predicted molar refractivity (Wildman–Crippen MR) is 89.8 cm³/mol. The number of imide groups is 1. The molecule has 1 heterocycles. The molecule has 4 nitrogen and oxygen atoms in total. The molecule has 2 rings (SSSR count). The van der Waals surface area contributed by atoms with E-state index in [0.717, 1.165) is 25.7 Å². The van der Waals surface area contributed by atoms with E-state index in [1.165, 1.54) is 17.7 Å². The van der Waals surface area contributed by atoms with Gasteiger partial charge in [0.2, 0.25) is 0 Å². The third-order valence-electron chi connectivity index (χ3n) is 4.26. The SMILES string of the molecule is CCCCCCCN1C(=O)c2ccc(C(=O)CCC)cc2C1=O. The van der Waals surface area contributed by atoms with Gasteiger partial charge in [0.05, 0.1) is 11.1 Å². The van der Waals surface area contributed by atoms with Gasteiger partial charge in [0.1, 0.15) is 0 Å². The Bertz CT molecular complexity index is 607. The van der Waals surface area contributed by atoms with Crippen LogP contribution in [0.25, 0.3) is 0 Å². The third kappa shape index (κ3) is 3.87. The van der Waals surface area contributed by atoms with Crippen molar-refractivity contribution in [2.24, 2.45) is 0 Å². The number of Topliss-reactive ketones (excluding diaryl/α,β-unsaturated/α-hetero) is 1. The number of rotatable bonds is 9. The van der Waals surface area contributed by atoms with Gasteiger partial charge in [0.15, 0.2) is 5.78 Å². The van der Waals surface area contributed by atoms with Crippen LogP contribution in [0.5, 0.6) is 0 Å². The molecule has 124 valence electrons. The largest absolute Gasteiger partial charge is 0.294 e. The monoisotopic (exact) mass is 315 g/mol. The zero-order valence-electron chi connectivity index (χ0n) is 14.1. The van der Waals surface area contributed by atoms with Gasteiger partial charge in [-0.05, 0) is 25.0 Å². The van der Waals surface area contributed by atoms with Gasteiger partial charge in [-0.15, -0.1) is 0 Å². The number of hydrogen-bond acceptors (Lipinski definition) is 3. The van der Waals surface area contributed by atoms with Crippen molar-refractivity contribution < 1.29 is 14.4 Å². The molecular weight excluding hydrogens is 290 g/mol. The summed E-state index contributed by atoms with van der Waals surface area (Å²) in [5.74, 6) is -0.463. The van der Waals surface area contributed by atoms with Crippen molar-refractivity contribution in [1.29, 1.82) is 0 Å². The maximum atomic E-state index is 12.5. The second-order valence-corrected chi connectivity index (χ2v) is 6.11. The average Bonchev–Trinajstić information content (AvgIpc) is 2.79. The van der Waals surface area contributed by atoms with Gasteiger partial charge in [-0.25, -0.2) is 0 Å². The van der Waals surface area contributed by atoms with E-state index in [0.29, 0.717) is 29.7 Å². The number of nitrogens with zero attached hydrogens (tertiary/aromatic N) is 1. The maximum Gasteiger partial charge on any atom is 0.261 e. The summed E-state index contributed by atoms with van der Waals surface area (Å²) in [6.45, 7) is 4.57. The van der Waals surface area contributed by atoms with Crippen LogP contribution in [0.15, 0.2) is 18.2 Å². The van der Waals surface area contributed by atoms with Crippen LogP contribution in [0.4, 0.5) is 0 Å². The molecule has 0 spiro atoms. The second-order valence-electron chi connectivity index (χ2n) is 6.11. The summed E-state index contributed by atoms with van der Waals surface area (Å²) in [5, 5.41) is 0. The number of unbranched alkanes of at least 4 members (excludes halogenated alkanes) is 4. The highest BCUT2D eigenvalue weighted by atomic mass is 16.2. The first kappa shape index (κ1) is 17.4. The first-order valence-corrected chi connectivity index (χ1v) is 8.63. The van der Waals surface area contributed by atoms with Crippen molar-refractivity contribution in [1.82, 2.24) is 4.90 Å². The fourth-order valence-corrected chi connectivity index (χ4v) is 2.91. The predicted octanol–water partition coefficient (Wildman–Crippen LogP) is 4.24. The van der Waals surface area contributed by atoms with Crippen LogP contribution in [0.3, 0.4) is 0 Å². The van der Waals surface area contributed by atoms with Gasteiger partial charge in [0.25, 0.3) is 11.8 Å². The van der Waals surface area contributed by atoms with Gasteiger partial charge in [-0.3, -0.25) is 19.3 Å². The maximum absolute atomic E-state index is 12.5. The number of fused-ring (bicyclic) bond motifs is 1. The van der Waals surface area contributed by atoms with Crippen LogP contribution in [-0.4, -0.2) is 29.0 Å². The van der Waals surface area contributed by atoms with Crippen LogP contribution in [0.2, 0.25) is 0 Å². The molecule has 0 saturated carbocycles. The van der Waals surface area contributed by atoms with E-state index in [-0.39, 0.29) is 17.6 Å². The molecule has 0 N–H and O–H groups in total. The van der Waals surface area contributed by atoms with E-state index in [9.17, 15) is 14.4 Å². The van der Waals surface area contributed by atoms with Gasteiger partial charge in [-0.2, -0.15) is 0 Å². The summed E-state index contributed by atoms with van der Waals surface area (Å²) < 4.78 is 0. The average molecular weight is 315 g/mol. The molecule has 4 heteroatoms. The molecule has 0 atom stereocenters. The lowest BCUT2D eigenvalue weighted by Crippen LogP contribution is -2.30. The first-order chi connectivity index (χ1) is 11.1. The van der Waals surface area contributed by atoms with Crippen molar-refractivity contribution in [3.63, 3.8) is 0 Å². The molecule has 0 aromatic heterocycles. The Hall–Kier alpha value is -1.97. The lowest BCUT2D eigenvalue weighted by Gasteiger charge is -2.13. The minimum absolute atomic E-state index is 0.0218. The topological polar surface area (TPSA) is 54.5 Å². The number of amides is 2. The first-order valence-electron chi connectivity index (χ1n) is 8.63. The third-order valence-corrected chi connectivity index (χ3v) is 4.26. The second kappa shape index (κ2) is 8.04. The molecule has 0 aliphatic carbocycles. The fraction of sp³-hybridized carbons (Fsp3) is 0.526.